The number of aromatic nitrogens is 1. The van der Waals surface area contributed by atoms with Crippen LogP contribution in [0.5, 0.6) is 0 Å². The largest absolute Gasteiger partial charge is 0.385 e. The lowest BCUT2D eigenvalue weighted by Crippen LogP contribution is -2.20. The maximum Gasteiger partial charge on any atom is 0.128 e. The van der Waals surface area contributed by atoms with Gasteiger partial charge in [-0.1, -0.05) is 11.6 Å². The number of hydrogen-bond donors (Lipinski definition) is 0. The number of methoxy groups -OCH3 is 1. The highest BCUT2D eigenvalue weighted by Crippen LogP contribution is 2.12. The predicted octanol–water partition coefficient (Wildman–Crippen LogP) is 2.21. The van der Waals surface area contributed by atoms with E-state index in [-0.39, 0.29) is 0 Å². The van der Waals surface area contributed by atoms with E-state index >= 15 is 0 Å². The second-order valence-electron chi connectivity index (χ2n) is 3.10. The molecule has 1 aromatic heterocycles. The molecule has 1 heterocycles. The van der Waals surface area contributed by atoms with Gasteiger partial charge in [-0.2, -0.15) is 0 Å². The molecule has 0 aliphatic carbocycles. The fourth-order valence-corrected chi connectivity index (χ4v) is 1.27. The summed E-state index contributed by atoms with van der Waals surface area (Å²) in [6.45, 7) is 1.71. The van der Waals surface area contributed by atoms with Crippen molar-refractivity contribution in [3.05, 3.63) is 23.4 Å². The number of nitrogens with zero attached hydrogens (tertiary/aromatic N) is 2. The highest BCUT2D eigenvalue weighted by molar-refractivity contribution is 6.30. The zero-order chi connectivity index (χ0) is 10.4. The van der Waals surface area contributed by atoms with Gasteiger partial charge in [-0.3, -0.25) is 0 Å². The maximum atomic E-state index is 5.74. The summed E-state index contributed by atoms with van der Waals surface area (Å²) in [7, 11) is 3.71. The molecule has 0 unspecified atom stereocenters. The molecule has 0 saturated heterocycles. The Morgan fingerprint density at radius 3 is 2.86 bits per heavy atom. The number of halogens is 1. The third kappa shape index (κ3) is 3.52. The minimum absolute atomic E-state index is 0.666. The summed E-state index contributed by atoms with van der Waals surface area (Å²) in [5.74, 6) is 0.936. The van der Waals surface area contributed by atoms with Crippen LogP contribution in [-0.4, -0.2) is 32.3 Å². The topological polar surface area (TPSA) is 25.4 Å². The van der Waals surface area contributed by atoms with Gasteiger partial charge in [0.15, 0.2) is 0 Å². The molecule has 14 heavy (non-hydrogen) atoms. The molecule has 0 aromatic carbocycles. The number of ether oxygens (including phenoxy) is 1. The van der Waals surface area contributed by atoms with E-state index in [1.54, 1.807) is 13.3 Å². The quantitative estimate of drug-likeness (QED) is 0.703. The Hall–Kier alpha value is -0.800. The molecule has 3 nitrogen and oxygen atoms in total. The number of hydrogen-bond acceptors (Lipinski definition) is 3. The molecule has 0 N–H and O–H groups in total. The van der Waals surface area contributed by atoms with Crippen LogP contribution in [0.3, 0.4) is 0 Å². The van der Waals surface area contributed by atoms with Crippen LogP contribution in [0.15, 0.2) is 18.3 Å². The van der Waals surface area contributed by atoms with Gasteiger partial charge < -0.3 is 9.64 Å². The summed E-state index contributed by atoms with van der Waals surface area (Å²) < 4.78 is 4.98. The summed E-state index contributed by atoms with van der Waals surface area (Å²) in [4.78, 5) is 6.29. The zero-order valence-corrected chi connectivity index (χ0v) is 9.29. The Kier molecular flexibility index (Phi) is 4.70. The Balaban J connectivity index is 2.43. The third-order valence-electron chi connectivity index (χ3n) is 1.94. The Morgan fingerprint density at radius 2 is 2.29 bits per heavy atom. The monoisotopic (exact) mass is 214 g/mol. The van der Waals surface area contributed by atoms with Crippen LogP contribution < -0.4 is 4.90 Å². The summed E-state index contributed by atoms with van der Waals surface area (Å²) in [6, 6.07) is 3.76. The Morgan fingerprint density at radius 1 is 1.50 bits per heavy atom. The Labute approximate surface area is 89.7 Å². The molecule has 0 saturated carbocycles. The number of rotatable bonds is 5. The van der Waals surface area contributed by atoms with Crippen molar-refractivity contribution in [2.75, 3.05) is 32.2 Å². The van der Waals surface area contributed by atoms with Crippen LogP contribution in [0.2, 0.25) is 5.02 Å². The lowest BCUT2D eigenvalue weighted by molar-refractivity contribution is 0.196. The van der Waals surface area contributed by atoms with Gasteiger partial charge in [-0.15, -0.1) is 0 Å². The van der Waals surface area contributed by atoms with Gasteiger partial charge >= 0.3 is 0 Å². The highest BCUT2D eigenvalue weighted by Gasteiger charge is 2.00. The predicted molar refractivity (Wildman–Crippen MR) is 59.0 cm³/mol. The molecule has 0 fully saturated rings. The van der Waals surface area contributed by atoms with Gasteiger partial charge in [-0.25, -0.2) is 4.98 Å². The van der Waals surface area contributed by atoms with Gasteiger partial charge in [0.1, 0.15) is 5.82 Å². The van der Waals surface area contributed by atoms with E-state index in [1.807, 2.05) is 19.2 Å². The van der Waals surface area contributed by atoms with Crippen LogP contribution in [0.1, 0.15) is 6.42 Å². The second-order valence-corrected chi connectivity index (χ2v) is 3.54. The molecule has 4 heteroatoms. The third-order valence-corrected chi connectivity index (χ3v) is 2.17. The molecule has 0 aliphatic rings. The molecule has 0 radical (unpaired) electrons. The van der Waals surface area contributed by atoms with Crippen molar-refractivity contribution in [1.82, 2.24) is 4.98 Å². The molecule has 1 aromatic rings. The molecular formula is C10H15ClN2O. The second kappa shape index (κ2) is 5.83. The molecule has 1 rings (SSSR count). The summed E-state index contributed by atoms with van der Waals surface area (Å²) in [6.07, 6.45) is 2.65. The normalized spacial score (nSPS) is 10.2. The van der Waals surface area contributed by atoms with Crippen molar-refractivity contribution in [2.24, 2.45) is 0 Å². The van der Waals surface area contributed by atoms with Crippen molar-refractivity contribution in [3.63, 3.8) is 0 Å². The molecule has 0 aliphatic heterocycles. The van der Waals surface area contributed by atoms with Crippen LogP contribution in [0.25, 0.3) is 0 Å². The fraction of sp³-hybridized carbons (Fsp3) is 0.500. The standard InChI is InChI=1S/C10H15ClN2O/c1-13(6-3-7-14-2)10-5-4-9(11)8-12-10/h4-5,8H,3,6-7H2,1-2H3. The zero-order valence-electron chi connectivity index (χ0n) is 8.53. The van der Waals surface area contributed by atoms with Crippen LogP contribution in [0, 0.1) is 0 Å². The van der Waals surface area contributed by atoms with E-state index in [4.69, 9.17) is 16.3 Å². The first-order chi connectivity index (χ1) is 6.74. The van der Waals surface area contributed by atoms with E-state index in [1.165, 1.54) is 0 Å². The van der Waals surface area contributed by atoms with E-state index < -0.39 is 0 Å². The van der Waals surface area contributed by atoms with Gasteiger partial charge in [0.25, 0.3) is 0 Å². The molecule has 78 valence electrons. The van der Waals surface area contributed by atoms with Crippen molar-refractivity contribution in [1.29, 1.82) is 0 Å². The summed E-state index contributed by atoms with van der Waals surface area (Å²) in [5.41, 5.74) is 0. The average Bonchev–Trinajstić information content (AvgIpc) is 2.19. The molecule has 0 spiro atoms. The lowest BCUT2D eigenvalue weighted by atomic mass is 10.4. The SMILES string of the molecule is COCCCN(C)c1ccc(Cl)cn1. The lowest BCUT2D eigenvalue weighted by Gasteiger charge is -2.17. The number of anilines is 1. The first kappa shape index (κ1) is 11.3. The molecular weight excluding hydrogens is 200 g/mol. The van der Waals surface area contributed by atoms with Gasteiger partial charge in [-0.05, 0) is 18.6 Å². The van der Waals surface area contributed by atoms with E-state index in [0.717, 1.165) is 25.4 Å². The smallest absolute Gasteiger partial charge is 0.128 e. The van der Waals surface area contributed by atoms with Crippen LogP contribution >= 0.6 is 11.6 Å². The van der Waals surface area contributed by atoms with Crippen molar-refractivity contribution < 1.29 is 4.74 Å². The minimum Gasteiger partial charge on any atom is -0.385 e. The average molecular weight is 215 g/mol. The summed E-state index contributed by atoms with van der Waals surface area (Å²) >= 11 is 5.74. The van der Waals surface area contributed by atoms with E-state index in [9.17, 15) is 0 Å². The van der Waals surface area contributed by atoms with E-state index in [0.29, 0.717) is 5.02 Å². The van der Waals surface area contributed by atoms with Crippen LogP contribution in [-0.2, 0) is 4.74 Å². The first-order valence-electron chi connectivity index (χ1n) is 4.55. The fourth-order valence-electron chi connectivity index (χ4n) is 1.15. The van der Waals surface area contributed by atoms with Crippen molar-refractivity contribution in [2.45, 2.75) is 6.42 Å². The van der Waals surface area contributed by atoms with E-state index in [2.05, 4.69) is 9.88 Å². The maximum absolute atomic E-state index is 5.74. The van der Waals surface area contributed by atoms with Gasteiger partial charge in [0, 0.05) is 33.5 Å². The summed E-state index contributed by atoms with van der Waals surface area (Å²) in [5, 5.41) is 0.666. The highest BCUT2D eigenvalue weighted by atomic mass is 35.5. The first-order valence-corrected chi connectivity index (χ1v) is 4.93. The minimum atomic E-state index is 0.666. The van der Waals surface area contributed by atoms with Crippen molar-refractivity contribution in [3.8, 4) is 0 Å². The van der Waals surface area contributed by atoms with Crippen LogP contribution in [0.4, 0.5) is 5.82 Å². The van der Waals surface area contributed by atoms with Gasteiger partial charge in [0.2, 0.25) is 0 Å². The molecule has 0 amide bonds. The molecule has 0 atom stereocenters. The van der Waals surface area contributed by atoms with Gasteiger partial charge in [0.05, 0.1) is 5.02 Å². The molecule has 0 bridgehead atoms. The number of pyridine rings is 1. The van der Waals surface area contributed by atoms with Crippen molar-refractivity contribution >= 4 is 17.4 Å². The Bertz CT molecular complexity index is 263.